The van der Waals surface area contributed by atoms with Gasteiger partial charge in [0.1, 0.15) is 0 Å². The number of nitrogens with one attached hydrogen (secondary N) is 1. The average Bonchev–Trinajstić information content (AvgIpc) is 3.06. The Morgan fingerprint density at radius 2 is 1.92 bits per heavy atom. The summed E-state index contributed by atoms with van der Waals surface area (Å²) in [5.41, 5.74) is 1.21. The monoisotopic (exact) mass is 375 g/mol. The minimum absolute atomic E-state index is 0.216. The SMILES string of the molecule is CC(Cc1nc(-c2ccccc2)no1)NC(=O)c1cccc(Cl)c1Cl. The van der Waals surface area contributed by atoms with E-state index in [1.807, 2.05) is 37.3 Å². The lowest BCUT2D eigenvalue weighted by molar-refractivity contribution is 0.0939. The van der Waals surface area contributed by atoms with Crippen molar-refractivity contribution >= 4 is 29.1 Å². The summed E-state index contributed by atoms with van der Waals surface area (Å²) in [5, 5.41) is 7.39. The number of hydrogen-bond acceptors (Lipinski definition) is 4. The molecule has 0 bridgehead atoms. The Balaban J connectivity index is 1.65. The van der Waals surface area contributed by atoms with Crippen LogP contribution >= 0.6 is 23.2 Å². The maximum Gasteiger partial charge on any atom is 0.253 e. The third kappa shape index (κ3) is 4.18. The zero-order chi connectivity index (χ0) is 17.8. The molecule has 0 saturated heterocycles. The first-order chi connectivity index (χ1) is 12.0. The first-order valence-corrected chi connectivity index (χ1v) is 8.43. The summed E-state index contributed by atoms with van der Waals surface area (Å²) in [4.78, 5) is 16.7. The van der Waals surface area contributed by atoms with Gasteiger partial charge in [-0.05, 0) is 19.1 Å². The summed E-state index contributed by atoms with van der Waals surface area (Å²) in [6, 6.07) is 14.3. The van der Waals surface area contributed by atoms with Crippen LogP contribution in [0.3, 0.4) is 0 Å². The van der Waals surface area contributed by atoms with E-state index in [1.165, 1.54) is 0 Å². The van der Waals surface area contributed by atoms with E-state index < -0.39 is 0 Å². The van der Waals surface area contributed by atoms with E-state index in [1.54, 1.807) is 18.2 Å². The molecule has 1 amide bonds. The third-order valence-electron chi connectivity index (χ3n) is 3.55. The number of nitrogens with zero attached hydrogens (tertiary/aromatic N) is 2. The Labute approximate surface area is 155 Å². The second kappa shape index (κ2) is 7.68. The maximum atomic E-state index is 12.3. The predicted octanol–water partition coefficient (Wildman–Crippen LogP) is 4.40. The van der Waals surface area contributed by atoms with Crippen LogP contribution in [0.5, 0.6) is 0 Å². The number of carbonyl (C=O) groups is 1. The highest BCUT2D eigenvalue weighted by atomic mass is 35.5. The van der Waals surface area contributed by atoms with Crippen molar-refractivity contribution in [2.24, 2.45) is 0 Å². The van der Waals surface area contributed by atoms with Gasteiger partial charge < -0.3 is 9.84 Å². The van der Waals surface area contributed by atoms with E-state index in [9.17, 15) is 4.79 Å². The van der Waals surface area contributed by atoms with Crippen molar-refractivity contribution < 1.29 is 9.32 Å². The maximum absolute atomic E-state index is 12.3. The van der Waals surface area contributed by atoms with Crippen LogP contribution in [0.25, 0.3) is 11.4 Å². The van der Waals surface area contributed by atoms with E-state index in [0.717, 1.165) is 5.56 Å². The van der Waals surface area contributed by atoms with Crippen molar-refractivity contribution in [1.82, 2.24) is 15.5 Å². The summed E-state index contributed by atoms with van der Waals surface area (Å²) in [7, 11) is 0. The van der Waals surface area contributed by atoms with Gasteiger partial charge in [-0.1, -0.05) is 64.8 Å². The van der Waals surface area contributed by atoms with Gasteiger partial charge in [0.25, 0.3) is 5.91 Å². The lowest BCUT2D eigenvalue weighted by atomic mass is 10.1. The van der Waals surface area contributed by atoms with Gasteiger partial charge in [0.2, 0.25) is 11.7 Å². The highest BCUT2D eigenvalue weighted by Crippen LogP contribution is 2.25. The molecule has 0 aliphatic rings. The van der Waals surface area contributed by atoms with Crippen molar-refractivity contribution in [2.45, 2.75) is 19.4 Å². The molecule has 1 atom stereocenters. The van der Waals surface area contributed by atoms with Gasteiger partial charge in [-0.25, -0.2) is 0 Å². The fourth-order valence-electron chi connectivity index (χ4n) is 2.34. The molecule has 5 nitrogen and oxygen atoms in total. The largest absolute Gasteiger partial charge is 0.349 e. The minimum atomic E-state index is -0.303. The molecule has 0 spiro atoms. The van der Waals surface area contributed by atoms with Crippen molar-refractivity contribution in [3.8, 4) is 11.4 Å². The van der Waals surface area contributed by atoms with Gasteiger partial charge in [0.15, 0.2) is 0 Å². The molecule has 7 heteroatoms. The number of hydrogen-bond donors (Lipinski definition) is 1. The second-order valence-corrected chi connectivity index (χ2v) is 6.34. The van der Waals surface area contributed by atoms with Gasteiger partial charge in [0.05, 0.1) is 15.6 Å². The highest BCUT2D eigenvalue weighted by Gasteiger charge is 2.17. The van der Waals surface area contributed by atoms with Gasteiger partial charge in [-0.2, -0.15) is 4.98 Å². The van der Waals surface area contributed by atoms with Gasteiger partial charge in [-0.3, -0.25) is 4.79 Å². The molecule has 1 aromatic heterocycles. The van der Waals surface area contributed by atoms with Crippen molar-refractivity contribution in [1.29, 1.82) is 0 Å². The summed E-state index contributed by atoms with van der Waals surface area (Å²) in [5.74, 6) is 0.665. The van der Waals surface area contributed by atoms with Crippen LogP contribution in [-0.4, -0.2) is 22.1 Å². The second-order valence-electron chi connectivity index (χ2n) is 5.56. The molecule has 0 aliphatic heterocycles. The summed E-state index contributed by atoms with van der Waals surface area (Å²) in [6.07, 6.45) is 0.407. The van der Waals surface area contributed by atoms with E-state index >= 15 is 0 Å². The zero-order valence-electron chi connectivity index (χ0n) is 13.4. The molecule has 3 rings (SSSR count). The highest BCUT2D eigenvalue weighted by molar-refractivity contribution is 6.43. The molecule has 0 aliphatic carbocycles. The topological polar surface area (TPSA) is 68.0 Å². The predicted molar refractivity (Wildman–Crippen MR) is 96.8 cm³/mol. The Kier molecular flexibility index (Phi) is 5.36. The molecular weight excluding hydrogens is 361 g/mol. The number of carbonyl (C=O) groups excluding carboxylic acids is 1. The number of amides is 1. The molecule has 3 aromatic rings. The summed E-state index contributed by atoms with van der Waals surface area (Å²) >= 11 is 12.0. The third-order valence-corrected chi connectivity index (χ3v) is 4.37. The molecule has 25 heavy (non-hydrogen) atoms. The molecule has 2 aromatic carbocycles. The Bertz CT molecular complexity index is 881. The normalized spacial score (nSPS) is 12.0. The molecule has 1 N–H and O–H groups in total. The minimum Gasteiger partial charge on any atom is -0.349 e. The smallest absolute Gasteiger partial charge is 0.253 e. The summed E-state index contributed by atoms with van der Waals surface area (Å²) < 4.78 is 5.26. The quantitative estimate of drug-likeness (QED) is 0.717. The van der Waals surface area contributed by atoms with E-state index in [0.29, 0.717) is 28.7 Å². The lowest BCUT2D eigenvalue weighted by Crippen LogP contribution is -2.34. The zero-order valence-corrected chi connectivity index (χ0v) is 14.9. The van der Waals surface area contributed by atoms with Crippen LogP contribution in [0.15, 0.2) is 53.1 Å². The molecule has 128 valence electrons. The average molecular weight is 376 g/mol. The first-order valence-electron chi connectivity index (χ1n) is 7.67. The lowest BCUT2D eigenvalue weighted by Gasteiger charge is -2.12. The Morgan fingerprint density at radius 3 is 2.68 bits per heavy atom. The number of benzene rings is 2. The molecule has 0 fully saturated rings. The van der Waals surface area contributed by atoms with Crippen molar-refractivity contribution in [3.05, 3.63) is 70.0 Å². The fourth-order valence-corrected chi connectivity index (χ4v) is 2.72. The van der Waals surface area contributed by atoms with Crippen molar-refractivity contribution in [3.63, 3.8) is 0 Å². The van der Waals surface area contributed by atoms with Crippen LogP contribution in [-0.2, 0) is 6.42 Å². The van der Waals surface area contributed by atoms with Crippen LogP contribution in [0, 0.1) is 0 Å². The molecule has 1 unspecified atom stereocenters. The van der Waals surface area contributed by atoms with Gasteiger partial charge in [0, 0.05) is 18.0 Å². The van der Waals surface area contributed by atoms with Crippen LogP contribution < -0.4 is 5.32 Å². The first kappa shape index (κ1) is 17.5. The Hall–Kier alpha value is -2.37. The van der Waals surface area contributed by atoms with Gasteiger partial charge >= 0.3 is 0 Å². The van der Waals surface area contributed by atoms with E-state index in [2.05, 4.69) is 15.5 Å². The number of rotatable bonds is 5. The van der Waals surface area contributed by atoms with E-state index in [-0.39, 0.29) is 17.0 Å². The standard InChI is InChI=1S/C18H15Cl2N3O2/c1-11(21-18(24)13-8-5-9-14(19)16(13)20)10-15-22-17(23-25-15)12-6-3-2-4-7-12/h2-9,11H,10H2,1H3,(H,21,24). The molecular formula is C18H15Cl2N3O2. The van der Waals surface area contributed by atoms with Crippen LogP contribution in [0.2, 0.25) is 10.0 Å². The van der Waals surface area contributed by atoms with Crippen LogP contribution in [0.1, 0.15) is 23.2 Å². The van der Waals surface area contributed by atoms with E-state index in [4.69, 9.17) is 27.7 Å². The molecule has 1 heterocycles. The number of halogens is 2. The Morgan fingerprint density at radius 1 is 1.16 bits per heavy atom. The summed E-state index contributed by atoms with van der Waals surface area (Å²) in [6.45, 7) is 1.85. The fraction of sp³-hybridized carbons (Fsp3) is 0.167. The molecule has 0 radical (unpaired) electrons. The van der Waals surface area contributed by atoms with Crippen molar-refractivity contribution in [2.75, 3.05) is 0 Å². The molecule has 0 saturated carbocycles. The van der Waals surface area contributed by atoms with Gasteiger partial charge in [-0.15, -0.1) is 0 Å². The number of aromatic nitrogens is 2. The van der Waals surface area contributed by atoms with Crippen LogP contribution in [0.4, 0.5) is 0 Å².